The van der Waals surface area contributed by atoms with Gasteiger partial charge >= 0.3 is 0 Å². The zero-order chi connectivity index (χ0) is 23.9. The Balaban J connectivity index is 1.30. The van der Waals surface area contributed by atoms with E-state index in [0.29, 0.717) is 17.3 Å². The van der Waals surface area contributed by atoms with Gasteiger partial charge in [0.25, 0.3) is 5.91 Å². The number of carbonyl (C=O) groups excluding carboxylic acids is 1. The van der Waals surface area contributed by atoms with Crippen LogP contribution in [0.2, 0.25) is 5.02 Å². The average molecular weight is 478 g/mol. The van der Waals surface area contributed by atoms with Crippen LogP contribution in [-0.2, 0) is 4.79 Å². The molecule has 34 heavy (non-hydrogen) atoms. The third-order valence-electron chi connectivity index (χ3n) is 5.43. The third-order valence-corrected chi connectivity index (χ3v) is 5.76. The molecule has 4 rings (SSSR count). The SMILES string of the molecule is Cc1cnn2c(NCCCCNC(=O)C(C)Oc3ccccc3)cc(-c3ccccc3Cl)nc12. The fourth-order valence-electron chi connectivity index (χ4n) is 3.58. The molecule has 0 spiro atoms. The number of fused-ring (bicyclic) bond motifs is 1. The summed E-state index contributed by atoms with van der Waals surface area (Å²) in [6, 6.07) is 19.0. The summed E-state index contributed by atoms with van der Waals surface area (Å²) in [6.45, 7) is 5.05. The molecule has 176 valence electrons. The highest BCUT2D eigenvalue weighted by molar-refractivity contribution is 6.33. The Morgan fingerprint density at radius 1 is 1.09 bits per heavy atom. The molecule has 2 heterocycles. The summed E-state index contributed by atoms with van der Waals surface area (Å²) < 4.78 is 7.47. The van der Waals surface area contributed by atoms with E-state index < -0.39 is 6.10 Å². The van der Waals surface area contributed by atoms with Crippen molar-refractivity contribution in [2.45, 2.75) is 32.8 Å². The second-order valence-electron chi connectivity index (χ2n) is 8.07. The zero-order valence-corrected chi connectivity index (χ0v) is 20.0. The number of carbonyl (C=O) groups is 1. The van der Waals surface area contributed by atoms with Gasteiger partial charge in [-0.2, -0.15) is 9.61 Å². The maximum atomic E-state index is 12.3. The minimum Gasteiger partial charge on any atom is -0.481 e. The van der Waals surface area contributed by atoms with Crippen molar-refractivity contribution in [3.05, 3.63) is 77.4 Å². The van der Waals surface area contributed by atoms with Gasteiger partial charge in [-0.3, -0.25) is 4.79 Å². The predicted octanol–water partition coefficient (Wildman–Crippen LogP) is 5.13. The molecule has 0 aliphatic carbocycles. The van der Waals surface area contributed by atoms with Gasteiger partial charge in [-0.25, -0.2) is 4.98 Å². The normalized spacial score (nSPS) is 11.9. The van der Waals surface area contributed by atoms with E-state index in [-0.39, 0.29) is 5.91 Å². The van der Waals surface area contributed by atoms with E-state index in [9.17, 15) is 4.79 Å². The first-order valence-corrected chi connectivity index (χ1v) is 11.7. The number of amides is 1. The molecule has 2 aromatic heterocycles. The molecule has 4 aromatic rings. The van der Waals surface area contributed by atoms with E-state index in [0.717, 1.165) is 47.7 Å². The molecule has 2 N–H and O–H groups in total. The molecular formula is C26H28ClN5O2. The first-order chi connectivity index (χ1) is 16.5. The van der Waals surface area contributed by atoms with Crippen LogP contribution in [0.3, 0.4) is 0 Å². The first-order valence-electron chi connectivity index (χ1n) is 11.4. The van der Waals surface area contributed by atoms with E-state index in [4.69, 9.17) is 21.3 Å². The number of rotatable bonds is 10. The van der Waals surface area contributed by atoms with Gasteiger partial charge in [0.15, 0.2) is 11.8 Å². The minimum atomic E-state index is -0.545. The molecule has 1 atom stereocenters. The standard InChI is InChI=1S/C26H28ClN5O2/c1-18-17-30-32-24(16-23(31-25(18)32)21-12-6-7-13-22(21)27)28-14-8-9-15-29-26(33)19(2)34-20-10-4-3-5-11-20/h3-7,10-13,16-17,19,28H,8-9,14-15H2,1-2H3,(H,29,33). The molecule has 8 heteroatoms. The van der Waals surface area contributed by atoms with E-state index >= 15 is 0 Å². The predicted molar refractivity (Wildman–Crippen MR) is 135 cm³/mol. The van der Waals surface area contributed by atoms with Crippen LogP contribution in [0.1, 0.15) is 25.3 Å². The van der Waals surface area contributed by atoms with Crippen LogP contribution in [0.4, 0.5) is 5.82 Å². The maximum Gasteiger partial charge on any atom is 0.260 e. The Bertz CT molecular complexity index is 1260. The highest BCUT2D eigenvalue weighted by Gasteiger charge is 2.14. The number of hydrogen-bond donors (Lipinski definition) is 2. The van der Waals surface area contributed by atoms with Gasteiger partial charge in [0.1, 0.15) is 11.6 Å². The summed E-state index contributed by atoms with van der Waals surface area (Å²) in [5.74, 6) is 1.41. The number of benzene rings is 2. The van der Waals surface area contributed by atoms with Crippen LogP contribution >= 0.6 is 11.6 Å². The second kappa shape index (κ2) is 11.0. The molecule has 0 radical (unpaired) electrons. The highest BCUT2D eigenvalue weighted by atomic mass is 35.5. The molecule has 0 saturated heterocycles. The Morgan fingerprint density at radius 3 is 2.62 bits per heavy atom. The van der Waals surface area contributed by atoms with Crippen LogP contribution in [0.5, 0.6) is 5.75 Å². The van der Waals surface area contributed by atoms with Gasteiger partial charge in [0.05, 0.1) is 11.9 Å². The van der Waals surface area contributed by atoms with Crippen molar-refractivity contribution < 1.29 is 9.53 Å². The molecule has 1 amide bonds. The van der Waals surface area contributed by atoms with Crippen LogP contribution < -0.4 is 15.4 Å². The number of para-hydroxylation sites is 1. The molecule has 0 aliphatic rings. The van der Waals surface area contributed by atoms with Crippen molar-refractivity contribution in [2.24, 2.45) is 0 Å². The van der Waals surface area contributed by atoms with Crippen molar-refractivity contribution in [1.29, 1.82) is 0 Å². The Labute approximate surface area is 204 Å². The summed E-state index contributed by atoms with van der Waals surface area (Å²) >= 11 is 6.40. The van der Waals surface area contributed by atoms with Gasteiger partial charge in [-0.1, -0.05) is 48.0 Å². The smallest absolute Gasteiger partial charge is 0.260 e. The lowest BCUT2D eigenvalue weighted by Crippen LogP contribution is -2.36. The molecule has 0 bridgehead atoms. The molecule has 0 aliphatic heterocycles. The van der Waals surface area contributed by atoms with Crippen LogP contribution in [-0.4, -0.2) is 39.7 Å². The third kappa shape index (κ3) is 5.66. The Morgan fingerprint density at radius 2 is 1.82 bits per heavy atom. The summed E-state index contributed by atoms with van der Waals surface area (Å²) in [4.78, 5) is 17.0. The lowest BCUT2D eigenvalue weighted by atomic mass is 10.1. The summed E-state index contributed by atoms with van der Waals surface area (Å²) in [6.07, 6.45) is 2.97. The number of unbranched alkanes of at least 4 members (excludes halogenated alkanes) is 1. The second-order valence-corrected chi connectivity index (χ2v) is 8.47. The van der Waals surface area contributed by atoms with E-state index in [2.05, 4.69) is 15.7 Å². The van der Waals surface area contributed by atoms with Crippen molar-refractivity contribution in [3.63, 3.8) is 0 Å². The van der Waals surface area contributed by atoms with Gasteiger partial charge in [-0.15, -0.1) is 0 Å². The molecule has 2 aromatic carbocycles. The van der Waals surface area contributed by atoms with E-state index in [1.54, 1.807) is 17.6 Å². The number of nitrogens with zero attached hydrogens (tertiary/aromatic N) is 3. The van der Waals surface area contributed by atoms with Gasteiger partial charge in [-0.05, 0) is 44.9 Å². The van der Waals surface area contributed by atoms with Crippen molar-refractivity contribution in [3.8, 4) is 17.0 Å². The lowest BCUT2D eigenvalue weighted by molar-refractivity contribution is -0.127. The average Bonchev–Trinajstić information content (AvgIpc) is 3.22. The van der Waals surface area contributed by atoms with Gasteiger partial charge < -0.3 is 15.4 Å². The van der Waals surface area contributed by atoms with Crippen molar-refractivity contribution in [2.75, 3.05) is 18.4 Å². The molecular weight excluding hydrogens is 450 g/mol. The Kier molecular flexibility index (Phi) is 7.65. The molecule has 1 unspecified atom stereocenters. The number of halogens is 1. The Hall–Kier alpha value is -3.58. The summed E-state index contributed by atoms with van der Waals surface area (Å²) in [5.41, 5.74) is 3.46. The van der Waals surface area contributed by atoms with Gasteiger partial charge in [0.2, 0.25) is 0 Å². The number of hydrogen-bond acceptors (Lipinski definition) is 5. The number of aryl methyl sites for hydroxylation is 1. The molecule has 0 fully saturated rings. The van der Waals surface area contributed by atoms with E-state index in [1.807, 2.05) is 67.6 Å². The first kappa shape index (κ1) is 23.6. The monoisotopic (exact) mass is 477 g/mol. The van der Waals surface area contributed by atoms with Crippen molar-refractivity contribution in [1.82, 2.24) is 19.9 Å². The maximum absolute atomic E-state index is 12.3. The lowest BCUT2D eigenvalue weighted by Gasteiger charge is -2.15. The van der Waals surface area contributed by atoms with Crippen LogP contribution in [0, 0.1) is 6.92 Å². The number of nitrogens with one attached hydrogen (secondary N) is 2. The summed E-state index contributed by atoms with van der Waals surface area (Å²) in [5, 5.41) is 11.5. The molecule has 7 nitrogen and oxygen atoms in total. The number of ether oxygens (including phenoxy) is 1. The zero-order valence-electron chi connectivity index (χ0n) is 19.3. The quantitative estimate of drug-likeness (QED) is 0.309. The summed E-state index contributed by atoms with van der Waals surface area (Å²) in [7, 11) is 0. The number of aromatic nitrogens is 3. The van der Waals surface area contributed by atoms with Crippen LogP contribution in [0.15, 0.2) is 66.9 Å². The topological polar surface area (TPSA) is 80.5 Å². The highest BCUT2D eigenvalue weighted by Crippen LogP contribution is 2.29. The minimum absolute atomic E-state index is 0.121. The van der Waals surface area contributed by atoms with Crippen LogP contribution in [0.25, 0.3) is 16.9 Å². The van der Waals surface area contributed by atoms with Gasteiger partial charge in [0, 0.05) is 35.3 Å². The number of anilines is 1. The largest absolute Gasteiger partial charge is 0.481 e. The van der Waals surface area contributed by atoms with E-state index in [1.165, 1.54) is 0 Å². The fraction of sp³-hybridized carbons (Fsp3) is 0.269. The van der Waals surface area contributed by atoms with Crippen molar-refractivity contribution >= 4 is 29.0 Å². The fourth-order valence-corrected chi connectivity index (χ4v) is 3.82. The molecule has 0 saturated carbocycles.